The molecule has 0 amide bonds. The largest absolute Gasteiger partial charge is 0.292 e. The summed E-state index contributed by atoms with van der Waals surface area (Å²) in [4.78, 5) is 15.9. The second kappa shape index (κ2) is 14.2. The van der Waals surface area contributed by atoms with E-state index in [9.17, 15) is 0 Å². The summed E-state index contributed by atoms with van der Waals surface area (Å²) in [6.45, 7) is 0. The molecule has 4 nitrogen and oxygen atoms in total. The molecule has 11 rings (SSSR count). The van der Waals surface area contributed by atoms with Gasteiger partial charge in [-0.1, -0.05) is 158 Å². The van der Waals surface area contributed by atoms with E-state index in [1.807, 2.05) is 23.5 Å². The van der Waals surface area contributed by atoms with Crippen LogP contribution >= 0.6 is 11.3 Å². The molecule has 5 heteroatoms. The van der Waals surface area contributed by atoms with E-state index in [4.69, 9.17) is 15.0 Å². The van der Waals surface area contributed by atoms with Crippen molar-refractivity contribution in [1.29, 1.82) is 0 Å². The summed E-state index contributed by atoms with van der Waals surface area (Å²) < 4.78 is 4.67. The van der Waals surface area contributed by atoms with Crippen LogP contribution in [0, 0.1) is 0 Å². The van der Waals surface area contributed by atoms with Crippen molar-refractivity contribution in [1.82, 2.24) is 19.5 Å². The zero-order valence-electron chi connectivity index (χ0n) is 31.3. The Morgan fingerprint density at radius 3 is 1.78 bits per heavy atom. The third-order valence-corrected chi connectivity index (χ3v) is 12.1. The fourth-order valence-corrected chi connectivity index (χ4v) is 9.31. The number of hydrogen-bond donors (Lipinski definition) is 0. The highest BCUT2D eigenvalue weighted by atomic mass is 32.1. The van der Waals surface area contributed by atoms with Crippen LogP contribution in [0.4, 0.5) is 0 Å². The molecular formula is C53H34N4S. The van der Waals surface area contributed by atoms with E-state index in [0.717, 1.165) is 67.3 Å². The number of rotatable bonds is 7. The Labute approximate surface area is 340 Å². The molecule has 0 atom stereocenters. The van der Waals surface area contributed by atoms with E-state index in [-0.39, 0.29) is 0 Å². The molecule has 58 heavy (non-hydrogen) atoms. The van der Waals surface area contributed by atoms with E-state index < -0.39 is 0 Å². The molecule has 0 N–H and O–H groups in total. The minimum atomic E-state index is 0.686. The summed E-state index contributed by atoms with van der Waals surface area (Å²) in [6.07, 6.45) is 0. The van der Waals surface area contributed by atoms with Gasteiger partial charge in [-0.2, -0.15) is 0 Å². The molecule has 0 unspecified atom stereocenters. The van der Waals surface area contributed by atoms with Gasteiger partial charge >= 0.3 is 0 Å². The smallest absolute Gasteiger partial charge is 0.160 e. The van der Waals surface area contributed by atoms with Gasteiger partial charge < -0.3 is 0 Å². The highest BCUT2D eigenvalue weighted by Crippen LogP contribution is 2.45. The molecule has 0 radical (unpaired) electrons. The number of benzene rings is 8. The van der Waals surface area contributed by atoms with Crippen molar-refractivity contribution in [2.24, 2.45) is 0 Å². The standard InChI is InChI=1S/C53H34N4S/c1-4-15-35(16-5-1)37-29-31-38(32-30-37)46-34-47(55-52(54-46)40-20-12-19-39(33-40)36-17-6-2-7-18-36)42-23-14-28-49-50(42)43-24-13-25-44(51(43)58-49)53-56-45-26-10-11-27-48(45)57(53)41-21-8-3-9-22-41/h1-34H. The van der Waals surface area contributed by atoms with Gasteiger partial charge in [-0.15, -0.1) is 11.3 Å². The summed E-state index contributed by atoms with van der Waals surface area (Å²) in [6, 6.07) is 72.5. The summed E-state index contributed by atoms with van der Waals surface area (Å²) in [5.41, 5.74) is 13.7. The predicted octanol–water partition coefficient (Wildman–Crippen LogP) is 14.2. The van der Waals surface area contributed by atoms with Crippen molar-refractivity contribution >= 4 is 42.5 Å². The Morgan fingerprint density at radius 1 is 0.397 bits per heavy atom. The third kappa shape index (κ3) is 5.97. The van der Waals surface area contributed by atoms with E-state index in [1.54, 1.807) is 0 Å². The topological polar surface area (TPSA) is 43.6 Å². The van der Waals surface area contributed by atoms with Crippen LogP contribution < -0.4 is 0 Å². The second-order valence-electron chi connectivity index (χ2n) is 14.4. The zero-order chi connectivity index (χ0) is 38.4. The fraction of sp³-hybridized carbons (Fsp3) is 0. The first-order valence-electron chi connectivity index (χ1n) is 19.4. The average molecular weight is 759 g/mol. The normalized spacial score (nSPS) is 11.4. The molecule has 0 aliphatic heterocycles. The van der Waals surface area contributed by atoms with Crippen LogP contribution in [0.5, 0.6) is 0 Å². The lowest BCUT2D eigenvalue weighted by molar-refractivity contribution is 1.11. The molecular weight excluding hydrogens is 725 g/mol. The summed E-state index contributed by atoms with van der Waals surface area (Å²) in [5, 5.41) is 2.36. The van der Waals surface area contributed by atoms with Crippen LogP contribution in [0.15, 0.2) is 206 Å². The maximum atomic E-state index is 5.38. The molecule has 0 fully saturated rings. The fourth-order valence-electron chi connectivity index (χ4n) is 8.08. The molecule has 3 aromatic heterocycles. The molecule has 0 saturated carbocycles. The number of fused-ring (bicyclic) bond motifs is 4. The SMILES string of the molecule is c1ccc(-c2ccc(-c3cc(-c4cccc5sc6c(-c7nc8ccccc8n7-c7ccccc7)cccc6c45)nc(-c4cccc(-c5ccccc5)c4)n3)cc2)cc1. The number of aromatic nitrogens is 4. The maximum absolute atomic E-state index is 5.38. The number of nitrogens with zero attached hydrogens (tertiary/aromatic N) is 4. The Hall–Kier alpha value is -7.47. The Bertz CT molecular complexity index is 3260. The highest BCUT2D eigenvalue weighted by Gasteiger charge is 2.21. The van der Waals surface area contributed by atoms with Crippen molar-refractivity contribution in [3.05, 3.63) is 206 Å². The van der Waals surface area contributed by atoms with E-state index in [2.05, 4.69) is 199 Å². The van der Waals surface area contributed by atoms with Crippen molar-refractivity contribution in [2.45, 2.75) is 0 Å². The zero-order valence-corrected chi connectivity index (χ0v) is 32.1. The van der Waals surface area contributed by atoms with E-state index in [1.165, 1.54) is 31.3 Å². The first kappa shape index (κ1) is 33.8. The van der Waals surface area contributed by atoms with Crippen LogP contribution in [0.2, 0.25) is 0 Å². The van der Waals surface area contributed by atoms with Crippen molar-refractivity contribution < 1.29 is 0 Å². The Balaban J connectivity index is 1.11. The van der Waals surface area contributed by atoms with Gasteiger partial charge in [-0.05, 0) is 70.8 Å². The first-order chi connectivity index (χ1) is 28.7. The monoisotopic (exact) mass is 758 g/mol. The minimum Gasteiger partial charge on any atom is -0.292 e. The van der Waals surface area contributed by atoms with E-state index >= 15 is 0 Å². The van der Waals surface area contributed by atoms with Gasteiger partial charge in [0.1, 0.15) is 5.82 Å². The van der Waals surface area contributed by atoms with Gasteiger partial charge in [0.2, 0.25) is 0 Å². The molecule has 0 bridgehead atoms. The number of hydrogen-bond acceptors (Lipinski definition) is 4. The predicted molar refractivity (Wildman–Crippen MR) is 242 cm³/mol. The Morgan fingerprint density at radius 2 is 0.983 bits per heavy atom. The van der Waals surface area contributed by atoms with Crippen LogP contribution in [0.25, 0.3) is 104 Å². The first-order valence-corrected chi connectivity index (χ1v) is 20.3. The quantitative estimate of drug-likeness (QED) is 0.163. The lowest BCUT2D eigenvalue weighted by Gasteiger charge is -2.12. The molecule has 0 spiro atoms. The van der Waals surface area contributed by atoms with Crippen molar-refractivity contribution in [3.63, 3.8) is 0 Å². The van der Waals surface area contributed by atoms with Crippen LogP contribution in [0.3, 0.4) is 0 Å². The molecule has 11 aromatic rings. The minimum absolute atomic E-state index is 0.686. The van der Waals surface area contributed by atoms with E-state index in [0.29, 0.717) is 5.82 Å². The van der Waals surface area contributed by atoms with Gasteiger partial charge in [0.05, 0.1) is 22.4 Å². The van der Waals surface area contributed by atoms with Crippen LogP contribution in [-0.2, 0) is 0 Å². The van der Waals surface area contributed by atoms with Crippen molar-refractivity contribution in [2.75, 3.05) is 0 Å². The summed E-state index contributed by atoms with van der Waals surface area (Å²) in [5.74, 6) is 1.61. The van der Waals surface area contributed by atoms with Gasteiger partial charge in [0, 0.05) is 48.1 Å². The van der Waals surface area contributed by atoms with Crippen LogP contribution in [-0.4, -0.2) is 19.5 Å². The number of para-hydroxylation sites is 3. The molecule has 8 aromatic carbocycles. The average Bonchev–Trinajstić information content (AvgIpc) is 3.89. The molecule has 272 valence electrons. The lowest BCUT2D eigenvalue weighted by Crippen LogP contribution is -1.97. The lowest BCUT2D eigenvalue weighted by atomic mass is 9.99. The highest BCUT2D eigenvalue weighted by molar-refractivity contribution is 7.26. The van der Waals surface area contributed by atoms with Crippen molar-refractivity contribution in [3.8, 4) is 73.2 Å². The van der Waals surface area contributed by atoms with Gasteiger partial charge in [-0.25, -0.2) is 15.0 Å². The van der Waals surface area contributed by atoms with Gasteiger partial charge in [0.15, 0.2) is 5.82 Å². The Kier molecular flexibility index (Phi) is 8.30. The molecule has 0 aliphatic carbocycles. The molecule has 0 aliphatic rings. The van der Waals surface area contributed by atoms with Gasteiger partial charge in [0.25, 0.3) is 0 Å². The summed E-state index contributed by atoms with van der Waals surface area (Å²) >= 11 is 1.81. The molecule has 0 saturated heterocycles. The third-order valence-electron chi connectivity index (χ3n) is 10.9. The summed E-state index contributed by atoms with van der Waals surface area (Å²) in [7, 11) is 0. The van der Waals surface area contributed by atoms with Crippen LogP contribution in [0.1, 0.15) is 0 Å². The maximum Gasteiger partial charge on any atom is 0.160 e. The number of imidazole rings is 1. The van der Waals surface area contributed by atoms with Gasteiger partial charge in [-0.3, -0.25) is 4.57 Å². The molecule has 3 heterocycles. The number of thiophene rings is 1. The second-order valence-corrected chi connectivity index (χ2v) is 15.5.